The van der Waals surface area contributed by atoms with Gasteiger partial charge in [0, 0.05) is 38.8 Å². The number of aromatic nitrogens is 1. The summed E-state index contributed by atoms with van der Waals surface area (Å²) in [4.78, 5) is 29.5. The first-order valence-electron chi connectivity index (χ1n) is 6.64. The summed E-state index contributed by atoms with van der Waals surface area (Å²) in [5, 5.41) is 0. The zero-order chi connectivity index (χ0) is 15.5. The standard InChI is InChI=1S/C13H16F3N3O2/c14-13(15,16)4-3-11(20)18-6-8-19(9-7-18)12(21)10-2-1-5-17-10/h1-2,5,17H,3-4,6-9H2. The van der Waals surface area contributed by atoms with Gasteiger partial charge >= 0.3 is 6.18 Å². The predicted octanol–water partition coefficient (Wildman–Crippen LogP) is 1.64. The lowest BCUT2D eigenvalue weighted by atomic mass is 10.2. The van der Waals surface area contributed by atoms with Gasteiger partial charge in [-0.1, -0.05) is 0 Å². The number of aromatic amines is 1. The number of piperazine rings is 1. The van der Waals surface area contributed by atoms with E-state index in [0.29, 0.717) is 18.8 Å². The molecule has 0 unspecified atom stereocenters. The summed E-state index contributed by atoms with van der Waals surface area (Å²) < 4.78 is 36.2. The highest BCUT2D eigenvalue weighted by atomic mass is 19.4. The van der Waals surface area contributed by atoms with E-state index in [2.05, 4.69) is 4.98 Å². The molecule has 0 spiro atoms. The number of hydrogen-bond acceptors (Lipinski definition) is 2. The van der Waals surface area contributed by atoms with Gasteiger partial charge in [0.2, 0.25) is 5.91 Å². The molecule has 2 heterocycles. The number of H-pyrrole nitrogens is 1. The summed E-state index contributed by atoms with van der Waals surface area (Å²) in [6, 6.07) is 3.37. The summed E-state index contributed by atoms with van der Waals surface area (Å²) in [6.07, 6.45) is -4.31. The smallest absolute Gasteiger partial charge is 0.357 e. The van der Waals surface area contributed by atoms with Crippen molar-refractivity contribution >= 4 is 11.8 Å². The molecule has 1 aliphatic rings. The van der Waals surface area contributed by atoms with E-state index < -0.39 is 24.9 Å². The second kappa shape index (κ2) is 6.19. The molecular weight excluding hydrogens is 287 g/mol. The third-order valence-electron chi connectivity index (χ3n) is 3.37. The highest BCUT2D eigenvalue weighted by molar-refractivity contribution is 5.92. The first-order valence-corrected chi connectivity index (χ1v) is 6.64. The minimum absolute atomic E-state index is 0.164. The van der Waals surface area contributed by atoms with Crippen molar-refractivity contribution in [1.29, 1.82) is 0 Å². The molecule has 1 N–H and O–H groups in total. The Hall–Kier alpha value is -1.99. The van der Waals surface area contributed by atoms with Crippen LogP contribution >= 0.6 is 0 Å². The van der Waals surface area contributed by atoms with Gasteiger partial charge in [0.1, 0.15) is 5.69 Å². The SMILES string of the molecule is O=C(CCC(F)(F)F)N1CCN(C(=O)c2ccc[nH]2)CC1. The van der Waals surface area contributed by atoms with Crippen LogP contribution in [0.2, 0.25) is 0 Å². The van der Waals surface area contributed by atoms with Gasteiger partial charge in [0.25, 0.3) is 5.91 Å². The third-order valence-corrected chi connectivity index (χ3v) is 3.37. The molecule has 0 aromatic carbocycles. The number of nitrogens with zero attached hydrogens (tertiary/aromatic N) is 2. The van der Waals surface area contributed by atoms with Crippen LogP contribution in [0.15, 0.2) is 18.3 Å². The van der Waals surface area contributed by atoms with Crippen LogP contribution in [0.1, 0.15) is 23.3 Å². The quantitative estimate of drug-likeness (QED) is 0.923. The Labute approximate surface area is 119 Å². The van der Waals surface area contributed by atoms with E-state index in [1.165, 1.54) is 4.90 Å². The van der Waals surface area contributed by atoms with Crippen LogP contribution in [0.4, 0.5) is 13.2 Å². The highest BCUT2D eigenvalue weighted by Gasteiger charge is 2.30. The maximum absolute atomic E-state index is 12.1. The second-order valence-corrected chi connectivity index (χ2v) is 4.87. The van der Waals surface area contributed by atoms with Crippen molar-refractivity contribution in [1.82, 2.24) is 14.8 Å². The largest absolute Gasteiger partial charge is 0.389 e. The molecule has 0 bridgehead atoms. The lowest BCUT2D eigenvalue weighted by Crippen LogP contribution is -2.50. The van der Waals surface area contributed by atoms with Gasteiger partial charge in [-0.15, -0.1) is 0 Å². The molecule has 0 radical (unpaired) electrons. The Morgan fingerprint density at radius 1 is 1.14 bits per heavy atom. The summed E-state index contributed by atoms with van der Waals surface area (Å²) in [6.45, 7) is 1.19. The molecule has 0 aliphatic carbocycles. The van der Waals surface area contributed by atoms with E-state index >= 15 is 0 Å². The number of carbonyl (C=O) groups excluding carboxylic acids is 2. The van der Waals surface area contributed by atoms with Gasteiger partial charge in [-0.25, -0.2) is 0 Å². The lowest BCUT2D eigenvalue weighted by Gasteiger charge is -2.34. The monoisotopic (exact) mass is 303 g/mol. The van der Waals surface area contributed by atoms with E-state index in [1.54, 1.807) is 23.2 Å². The number of rotatable bonds is 3. The van der Waals surface area contributed by atoms with Gasteiger partial charge in [-0.05, 0) is 12.1 Å². The minimum Gasteiger partial charge on any atom is -0.357 e. The molecule has 8 heteroatoms. The average Bonchev–Trinajstić information content (AvgIpc) is 2.97. The normalized spacial score (nSPS) is 16.1. The Morgan fingerprint density at radius 3 is 2.29 bits per heavy atom. The fraction of sp³-hybridized carbons (Fsp3) is 0.538. The number of halogens is 3. The van der Waals surface area contributed by atoms with Crippen LogP contribution in [-0.4, -0.2) is 59.0 Å². The molecule has 1 aromatic heterocycles. The Balaban J connectivity index is 1.80. The van der Waals surface area contributed by atoms with Crippen molar-refractivity contribution in [2.24, 2.45) is 0 Å². The Kier molecular flexibility index (Phi) is 4.54. The molecular formula is C13H16F3N3O2. The Morgan fingerprint density at radius 2 is 1.76 bits per heavy atom. The molecule has 1 aromatic rings. The van der Waals surface area contributed by atoms with E-state index in [0.717, 1.165) is 0 Å². The lowest BCUT2D eigenvalue weighted by molar-refractivity contribution is -0.149. The summed E-state index contributed by atoms with van der Waals surface area (Å²) in [5.74, 6) is -0.679. The molecule has 116 valence electrons. The van der Waals surface area contributed by atoms with Gasteiger partial charge < -0.3 is 14.8 Å². The van der Waals surface area contributed by atoms with Gasteiger partial charge in [-0.2, -0.15) is 13.2 Å². The minimum atomic E-state index is -4.32. The third kappa shape index (κ3) is 4.24. The Bertz CT molecular complexity index is 491. The number of amides is 2. The van der Waals surface area contributed by atoms with Gasteiger partial charge in [0.15, 0.2) is 0 Å². The molecule has 1 fully saturated rings. The maximum Gasteiger partial charge on any atom is 0.389 e. The van der Waals surface area contributed by atoms with Crippen LogP contribution in [0.3, 0.4) is 0 Å². The molecule has 5 nitrogen and oxygen atoms in total. The van der Waals surface area contributed by atoms with Gasteiger partial charge in [0.05, 0.1) is 6.42 Å². The van der Waals surface area contributed by atoms with Crippen LogP contribution < -0.4 is 0 Å². The highest BCUT2D eigenvalue weighted by Crippen LogP contribution is 2.22. The van der Waals surface area contributed by atoms with Crippen molar-refractivity contribution in [3.63, 3.8) is 0 Å². The van der Waals surface area contributed by atoms with Crippen molar-refractivity contribution in [2.45, 2.75) is 19.0 Å². The van der Waals surface area contributed by atoms with E-state index in [-0.39, 0.29) is 19.0 Å². The van der Waals surface area contributed by atoms with Crippen molar-refractivity contribution in [3.8, 4) is 0 Å². The number of carbonyl (C=O) groups is 2. The fourth-order valence-corrected chi connectivity index (χ4v) is 2.20. The molecule has 2 rings (SSSR count). The van der Waals surface area contributed by atoms with Crippen LogP contribution in [0.5, 0.6) is 0 Å². The van der Waals surface area contributed by atoms with E-state index in [4.69, 9.17) is 0 Å². The first-order chi connectivity index (χ1) is 9.87. The van der Waals surface area contributed by atoms with Crippen LogP contribution in [0, 0.1) is 0 Å². The molecule has 0 atom stereocenters. The summed E-state index contributed by atoms with van der Waals surface area (Å²) in [7, 11) is 0. The second-order valence-electron chi connectivity index (χ2n) is 4.87. The van der Waals surface area contributed by atoms with E-state index in [1.807, 2.05) is 0 Å². The first kappa shape index (κ1) is 15.4. The van der Waals surface area contributed by atoms with Crippen LogP contribution in [-0.2, 0) is 4.79 Å². The molecule has 1 aliphatic heterocycles. The molecule has 0 saturated carbocycles. The van der Waals surface area contributed by atoms with Crippen LogP contribution in [0.25, 0.3) is 0 Å². The predicted molar refractivity (Wildman–Crippen MR) is 68.6 cm³/mol. The maximum atomic E-state index is 12.1. The summed E-state index contributed by atoms with van der Waals surface area (Å²) in [5.41, 5.74) is 0.465. The van der Waals surface area contributed by atoms with Gasteiger partial charge in [-0.3, -0.25) is 9.59 Å². The zero-order valence-electron chi connectivity index (χ0n) is 11.3. The molecule has 1 saturated heterocycles. The van der Waals surface area contributed by atoms with E-state index in [9.17, 15) is 22.8 Å². The van der Waals surface area contributed by atoms with Crippen molar-refractivity contribution in [3.05, 3.63) is 24.0 Å². The topological polar surface area (TPSA) is 56.4 Å². The fourth-order valence-electron chi connectivity index (χ4n) is 2.20. The number of nitrogens with one attached hydrogen (secondary N) is 1. The van der Waals surface area contributed by atoms with Crippen molar-refractivity contribution in [2.75, 3.05) is 26.2 Å². The van der Waals surface area contributed by atoms with Crippen molar-refractivity contribution < 1.29 is 22.8 Å². The molecule has 21 heavy (non-hydrogen) atoms. The molecule has 2 amide bonds. The zero-order valence-corrected chi connectivity index (χ0v) is 11.3. The number of hydrogen-bond donors (Lipinski definition) is 1. The number of alkyl halides is 3. The average molecular weight is 303 g/mol. The summed E-state index contributed by atoms with van der Waals surface area (Å²) >= 11 is 0.